The van der Waals surface area contributed by atoms with Crippen molar-refractivity contribution in [3.05, 3.63) is 75.9 Å². The molecule has 1 unspecified atom stereocenters. The number of aromatic nitrogens is 1. The molecule has 1 aliphatic carbocycles. The van der Waals surface area contributed by atoms with Gasteiger partial charge in [-0.25, -0.2) is 0 Å². The Kier molecular flexibility index (Phi) is 7.55. The van der Waals surface area contributed by atoms with E-state index in [0.717, 1.165) is 34.0 Å². The molecule has 1 N–H and O–H groups in total. The highest BCUT2D eigenvalue weighted by Crippen LogP contribution is 2.44. The van der Waals surface area contributed by atoms with Gasteiger partial charge in [0, 0.05) is 38.7 Å². The molecule has 1 saturated carbocycles. The van der Waals surface area contributed by atoms with Crippen LogP contribution in [-0.2, 0) is 0 Å². The summed E-state index contributed by atoms with van der Waals surface area (Å²) < 4.78 is 0. The van der Waals surface area contributed by atoms with Gasteiger partial charge in [0.15, 0.2) is 0 Å². The lowest BCUT2D eigenvalue weighted by Gasteiger charge is -2.29. The summed E-state index contributed by atoms with van der Waals surface area (Å²) in [4.78, 5) is 12.0. The van der Waals surface area contributed by atoms with E-state index in [1.165, 1.54) is 41.9 Å². The fourth-order valence-corrected chi connectivity index (χ4v) is 5.76. The van der Waals surface area contributed by atoms with E-state index >= 15 is 0 Å². The van der Waals surface area contributed by atoms with Gasteiger partial charge in [0.1, 0.15) is 0 Å². The Labute approximate surface area is 200 Å². The van der Waals surface area contributed by atoms with Gasteiger partial charge in [-0.05, 0) is 87.3 Å². The lowest BCUT2D eigenvalue weighted by molar-refractivity contribution is 0.194. The van der Waals surface area contributed by atoms with Gasteiger partial charge in [0.2, 0.25) is 0 Å². The lowest BCUT2D eigenvalue weighted by atomic mass is 9.76. The Morgan fingerprint density at radius 2 is 1.88 bits per heavy atom. The normalized spacial score (nSPS) is 22.1. The van der Waals surface area contributed by atoms with Gasteiger partial charge < -0.3 is 5.11 Å². The maximum atomic E-state index is 9.82. The van der Waals surface area contributed by atoms with E-state index < -0.39 is 6.10 Å². The van der Waals surface area contributed by atoms with Crippen LogP contribution in [0.2, 0.25) is 5.02 Å². The summed E-state index contributed by atoms with van der Waals surface area (Å²) in [7, 11) is 0. The van der Waals surface area contributed by atoms with Crippen molar-refractivity contribution in [2.24, 2.45) is 16.8 Å². The molecule has 0 radical (unpaired) electrons. The molecule has 4 rings (SSSR count). The van der Waals surface area contributed by atoms with Crippen molar-refractivity contribution in [2.45, 2.75) is 63.4 Å². The van der Waals surface area contributed by atoms with Gasteiger partial charge in [-0.1, -0.05) is 42.4 Å². The van der Waals surface area contributed by atoms with Crippen LogP contribution in [0.1, 0.15) is 69.7 Å². The molecule has 1 fully saturated rings. The monoisotopic (exact) mass is 466 g/mol. The van der Waals surface area contributed by atoms with E-state index in [1.54, 1.807) is 18.7 Å². The molecule has 1 atom stereocenters. The molecule has 2 aromatic rings. The van der Waals surface area contributed by atoms with Gasteiger partial charge in [0.05, 0.1) is 17.5 Å². The van der Waals surface area contributed by atoms with Crippen LogP contribution in [0, 0.1) is 11.8 Å². The van der Waals surface area contributed by atoms with E-state index in [9.17, 15) is 5.11 Å². The minimum absolute atomic E-state index is 0.541. The standard InChI is InChI=1S/C27H31ClN2OS/c1-4-17(2)19-5-7-20(8-6-19)25-15-26(32-23-12-10-22(28)11-13-23)27(30-25)21-9-14-24(18(3)31)29-16-21/h9-14,16,18-20,31H,2,4-8,15H2,1,3H3. The number of aliphatic imine (C=N–C) groups is 1. The highest BCUT2D eigenvalue weighted by molar-refractivity contribution is 8.03. The number of aliphatic hydroxyl groups is 1. The summed E-state index contributed by atoms with van der Waals surface area (Å²) >= 11 is 7.85. The molecule has 0 spiro atoms. The molecule has 0 amide bonds. The minimum Gasteiger partial charge on any atom is -0.387 e. The van der Waals surface area contributed by atoms with Crippen LogP contribution in [-0.4, -0.2) is 15.8 Å². The first-order valence-electron chi connectivity index (χ1n) is 11.5. The fourth-order valence-electron chi connectivity index (χ4n) is 4.60. The second kappa shape index (κ2) is 10.4. The maximum absolute atomic E-state index is 9.82. The van der Waals surface area contributed by atoms with Gasteiger partial charge in [-0.3, -0.25) is 9.98 Å². The third-order valence-electron chi connectivity index (χ3n) is 6.63. The summed E-state index contributed by atoms with van der Waals surface area (Å²) in [5, 5.41) is 10.6. The number of thioether (sulfide) groups is 1. The van der Waals surface area contributed by atoms with Crippen molar-refractivity contribution in [1.29, 1.82) is 0 Å². The molecule has 1 aromatic carbocycles. The summed E-state index contributed by atoms with van der Waals surface area (Å²) in [5.74, 6) is 1.21. The first kappa shape index (κ1) is 23.3. The molecule has 168 valence electrons. The Morgan fingerprint density at radius 3 is 2.47 bits per heavy atom. The highest BCUT2D eigenvalue weighted by Gasteiger charge is 2.30. The second-order valence-electron chi connectivity index (χ2n) is 8.82. The summed E-state index contributed by atoms with van der Waals surface area (Å²) in [6.45, 7) is 8.23. The Morgan fingerprint density at radius 1 is 1.16 bits per heavy atom. The fraction of sp³-hybridized carbons (Fsp3) is 0.407. The first-order valence-corrected chi connectivity index (χ1v) is 12.7. The third-order valence-corrected chi connectivity index (χ3v) is 7.98. The molecule has 2 heterocycles. The minimum atomic E-state index is -0.573. The highest BCUT2D eigenvalue weighted by atomic mass is 35.5. The van der Waals surface area contributed by atoms with Gasteiger partial charge in [-0.2, -0.15) is 0 Å². The largest absolute Gasteiger partial charge is 0.387 e. The molecule has 3 nitrogen and oxygen atoms in total. The van der Waals surface area contributed by atoms with Gasteiger partial charge in [0.25, 0.3) is 0 Å². The zero-order valence-electron chi connectivity index (χ0n) is 18.9. The summed E-state index contributed by atoms with van der Waals surface area (Å²) in [5.41, 5.74) is 5.41. The molecule has 0 bridgehead atoms. The van der Waals surface area contributed by atoms with E-state index in [4.69, 9.17) is 16.6 Å². The SMILES string of the molecule is C=C(CC)C1CCC(C2=NC(c3ccc(C(C)O)nc3)=C(Sc3ccc(Cl)cc3)C2)CC1. The number of halogens is 1. The van der Waals surface area contributed by atoms with Crippen molar-refractivity contribution < 1.29 is 5.11 Å². The summed E-state index contributed by atoms with van der Waals surface area (Å²) in [6.07, 6.45) is 8.06. The topological polar surface area (TPSA) is 45.5 Å². The zero-order valence-corrected chi connectivity index (χ0v) is 20.4. The average Bonchev–Trinajstić information content (AvgIpc) is 3.24. The number of benzene rings is 1. The molecule has 5 heteroatoms. The number of nitrogens with zero attached hydrogens (tertiary/aromatic N) is 2. The molecular weight excluding hydrogens is 436 g/mol. The van der Waals surface area contributed by atoms with Crippen LogP contribution in [0.4, 0.5) is 0 Å². The number of pyridine rings is 1. The number of allylic oxidation sites excluding steroid dienone is 2. The van der Waals surface area contributed by atoms with Crippen molar-refractivity contribution in [2.75, 3.05) is 0 Å². The molecule has 32 heavy (non-hydrogen) atoms. The molecule has 0 saturated heterocycles. The van der Waals surface area contributed by atoms with Crippen molar-refractivity contribution >= 4 is 34.8 Å². The number of hydrogen-bond donors (Lipinski definition) is 1. The first-order chi connectivity index (χ1) is 15.4. The Balaban J connectivity index is 1.57. The smallest absolute Gasteiger partial charge is 0.0931 e. The Hall–Kier alpha value is -1.88. The average molecular weight is 467 g/mol. The third kappa shape index (κ3) is 5.36. The van der Waals surface area contributed by atoms with E-state index in [-0.39, 0.29) is 0 Å². The predicted octanol–water partition coefficient (Wildman–Crippen LogP) is 7.87. The van der Waals surface area contributed by atoms with Crippen LogP contribution in [0.3, 0.4) is 0 Å². The molecule has 1 aliphatic heterocycles. The number of hydrogen-bond acceptors (Lipinski definition) is 4. The van der Waals surface area contributed by atoms with Crippen LogP contribution in [0.15, 0.2) is 69.5 Å². The van der Waals surface area contributed by atoms with Crippen molar-refractivity contribution in [3.8, 4) is 0 Å². The van der Waals surface area contributed by atoms with Gasteiger partial charge >= 0.3 is 0 Å². The van der Waals surface area contributed by atoms with E-state index in [1.807, 2.05) is 30.5 Å². The van der Waals surface area contributed by atoms with Crippen molar-refractivity contribution in [1.82, 2.24) is 4.98 Å². The van der Waals surface area contributed by atoms with E-state index in [0.29, 0.717) is 17.5 Å². The van der Waals surface area contributed by atoms with Crippen LogP contribution < -0.4 is 0 Å². The summed E-state index contributed by atoms with van der Waals surface area (Å²) in [6, 6.07) is 11.9. The van der Waals surface area contributed by atoms with Crippen molar-refractivity contribution in [3.63, 3.8) is 0 Å². The van der Waals surface area contributed by atoms with Crippen LogP contribution in [0.25, 0.3) is 5.70 Å². The lowest BCUT2D eigenvalue weighted by Crippen LogP contribution is -2.21. The second-order valence-corrected chi connectivity index (χ2v) is 10.4. The van der Waals surface area contributed by atoms with Gasteiger partial charge in [-0.15, -0.1) is 0 Å². The maximum Gasteiger partial charge on any atom is 0.0931 e. The number of aliphatic hydroxyl groups excluding tert-OH is 1. The van der Waals surface area contributed by atoms with Crippen LogP contribution in [0.5, 0.6) is 0 Å². The Bertz CT molecular complexity index is 1020. The zero-order chi connectivity index (χ0) is 22.7. The molecule has 2 aliphatic rings. The predicted molar refractivity (Wildman–Crippen MR) is 136 cm³/mol. The van der Waals surface area contributed by atoms with E-state index in [2.05, 4.69) is 30.6 Å². The quantitative estimate of drug-likeness (QED) is 0.422. The molecule has 1 aromatic heterocycles. The number of rotatable bonds is 7. The van der Waals surface area contributed by atoms with Crippen LogP contribution >= 0.6 is 23.4 Å². The molecular formula is C27H31ClN2OS.